The Kier molecular flexibility index (Phi) is 8.87. The van der Waals surface area contributed by atoms with E-state index in [4.69, 9.17) is 0 Å². The van der Waals surface area contributed by atoms with Crippen molar-refractivity contribution >= 4 is 23.5 Å². The summed E-state index contributed by atoms with van der Waals surface area (Å²) in [5, 5.41) is 14.2. The van der Waals surface area contributed by atoms with E-state index < -0.39 is 35.6 Å². The van der Waals surface area contributed by atoms with Gasteiger partial charge in [-0.3, -0.25) is 19.2 Å². The number of aliphatic hydroxyl groups is 1. The predicted octanol–water partition coefficient (Wildman–Crippen LogP) is -0.216. The minimum absolute atomic E-state index is 0.0535. The molecule has 0 spiro atoms. The Morgan fingerprint density at radius 1 is 1.30 bits per heavy atom. The van der Waals surface area contributed by atoms with E-state index in [-0.39, 0.29) is 31.4 Å². The maximum Gasteiger partial charge on any atom is 0.289 e. The lowest BCUT2D eigenvalue weighted by molar-refractivity contribution is -0.144. The first-order valence-corrected chi connectivity index (χ1v) is 9.07. The zero-order chi connectivity index (χ0) is 20.6. The number of carbonyl (C=O) groups excluding carboxylic acids is 4. The summed E-state index contributed by atoms with van der Waals surface area (Å²) in [6.45, 7) is 10.6. The van der Waals surface area contributed by atoms with Crippen molar-refractivity contribution in [1.29, 1.82) is 0 Å². The van der Waals surface area contributed by atoms with E-state index in [9.17, 15) is 24.3 Å². The highest BCUT2D eigenvalue weighted by molar-refractivity contribution is 6.38. The number of likely N-dealkylation sites (tertiary alicyclic amines) is 1. The molecule has 1 rings (SSSR count). The summed E-state index contributed by atoms with van der Waals surface area (Å²) < 4.78 is 0. The van der Waals surface area contributed by atoms with E-state index in [0.717, 1.165) is 0 Å². The molecule has 1 aliphatic heterocycles. The van der Waals surface area contributed by atoms with E-state index in [0.29, 0.717) is 13.0 Å². The highest BCUT2D eigenvalue weighted by atomic mass is 16.3. The second-order valence-corrected chi connectivity index (χ2v) is 6.65. The van der Waals surface area contributed by atoms with Crippen molar-refractivity contribution in [3.63, 3.8) is 0 Å². The largest absolute Gasteiger partial charge is 0.396 e. The molecule has 0 radical (unpaired) electrons. The van der Waals surface area contributed by atoms with E-state index in [1.807, 2.05) is 0 Å². The molecule has 0 aromatic carbocycles. The number of hydrogen-bond donors (Lipinski definition) is 3. The minimum Gasteiger partial charge on any atom is -0.396 e. The molecule has 0 aromatic rings. The lowest BCUT2D eigenvalue weighted by Crippen LogP contribution is -2.53. The molecule has 0 aromatic heterocycles. The fraction of sp³-hybridized carbons (Fsp3) is 0.579. The van der Waals surface area contributed by atoms with Crippen molar-refractivity contribution in [2.75, 3.05) is 19.7 Å². The zero-order valence-electron chi connectivity index (χ0n) is 15.9. The Balaban J connectivity index is 2.88. The summed E-state index contributed by atoms with van der Waals surface area (Å²) in [6.07, 6.45) is 3.75. The maximum absolute atomic E-state index is 12.7. The van der Waals surface area contributed by atoms with Crippen molar-refractivity contribution < 1.29 is 24.3 Å². The molecule has 1 aliphatic rings. The van der Waals surface area contributed by atoms with Gasteiger partial charge >= 0.3 is 0 Å². The van der Waals surface area contributed by atoms with Crippen molar-refractivity contribution in [3.05, 3.63) is 25.3 Å². The molecule has 150 valence electrons. The van der Waals surface area contributed by atoms with E-state index >= 15 is 0 Å². The predicted molar refractivity (Wildman–Crippen MR) is 100 cm³/mol. The topological polar surface area (TPSA) is 116 Å². The Hall–Kier alpha value is -2.48. The SMILES string of the molecule is C=CCNC(=O)C(=O)[C@H](CC)NC(=O)[C@@H]1C[C@@H](C=C)CN1C(=O)[C@@H](C)CO. The molecule has 0 saturated carbocycles. The summed E-state index contributed by atoms with van der Waals surface area (Å²) in [7, 11) is 0. The van der Waals surface area contributed by atoms with Crippen LogP contribution in [-0.2, 0) is 19.2 Å². The van der Waals surface area contributed by atoms with Gasteiger partial charge in [0.15, 0.2) is 0 Å². The summed E-state index contributed by atoms with van der Waals surface area (Å²) >= 11 is 0. The molecule has 0 aliphatic carbocycles. The van der Waals surface area contributed by atoms with Gasteiger partial charge in [-0.25, -0.2) is 0 Å². The van der Waals surface area contributed by atoms with Crippen molar-refractivity contribution in [1.82, 2.24) is 15.5 Å². The third-order valence-electron chi connectivity index (χ3n) is 4.62. The quantitative estimate of drug-likeness (QED) is 0.359. The van der Waals surface area contributed by atoms with Crippen molar-refractivity contribution in [2.45, 2.75) is 38.8 Å². The fourth-order valence-electron chi connectivity index (χ4n) is 2.92. The minimum atomic E-state index is -0.975. The van der Waals surface area contributed by atoms with Gasteiger partial charge in [0.1, 0.15) is 6.04 Å². The monoisotopic (exact) mass is 379 g/mol. The second kappa shape index (κ2) is 10.6. The molecule has 3 amide bonds. The summed E-state index contributed by atoms with van der Waals surface area (Å²) in [6, 6.07) is -1.75. The van der Waals surface area contributed by atoms with Crippen LogP contribution in [0.15, 0.2) is 25.3 Å². The van der Waals surface area contributed by atoms with Gasteiger partial charge in [-0.05, 0) is 18.8 Å². The van der Waals surface area contributed by atoms with Crippen LogP contribution in [0.3, 0.4) is 0 Å². The molecule has 8 nitrogen and oxygen atoms in total. The van der Waals surface area contributed by atoms with Crippen molar-refractivity contribution in [3.8, 4) is 0 Å². The van der Waals surface area contributed by atoms with Crippen molar-refractivity contribution in [2.24, 2.45) is 11.8 Å². The first-order chi connectivity index (χ1) is 12.8. The molecule has 0 unspecified atom stereocenters. The second-order valence-electron chi connectivity index (χ2n) is 6.65. The first kappa shape index (κ1) is 22.6. The van der Waals surface area contributed by atoms with Crippen LogP contribution in [0.25, 0.3) is 0 Å². The van der Waals surface area contributed by atoms with Crippen LogP contribution in [0.2, 0.25) is 0 Å². The summed E-state index contributed by atoms with van der Waals surface area (Å²) in [4.78, 5) is 50.7. The average Bonchev–Trinajstić information content (AvgIpc) is 3.12. The van der Waals surface area contributed by atoms with E-state index in [1.54, 1.807) is 19.9 Å². The number of nitrogens with zero attached hydrogens (tertiary/aromatic N) is 1. The van der Waals surface area contributed by atoms with Gasteiger partial charge in [-0.1, -0.05) is 26.0 Å². The number of nitrogens with one attached hydrogen (secondary N) is 2. The van der Waals surface area contributed by atoms with Crippen LogP contribution in [0.1, 0.15) is 26.7 Å². The third kappa shape index (κ3) is 5.75. The molecule has 3 N–H and O–H groups in total. The molecule has 1 saturated heterocycles. The van der Waals surface area contributed by atoms with Crippen LogP contribution in [0, 0.1) is 11.8 Å². The number of aliphatic hydroxyl groups excluding tert-OH is 1. The molecule has 1 fully saturated rings. The summed E-state index contributed by atoms with van der Waals surface area (Å²) in [5.74, 6) is -3.04. The van der Waals surface area contributed by atoms with Gasteiger partial charge in [-0.2, -0.15) is 0 Å². The Morgan fingerprint density at radius 2 is 1.96 bits per heavy atom. The van der Waals surface area contributed by atoms with Gasteiger partial charge < -0.3 is 20.6 Å². The number of rotatable bonds is 10. The third-order valence-corrected chi connectivity index (χ3v) is 4.62. The molecular weight excluding hydrogens is 350 g/mol. The van der Waals surface area contributed by atoms with Crippen LogP contribution in [-0.4, -0.2) is 65.3 Å². The summed E-state index contributed by atoms with van der Waals surface area (Å²) in [5.41, 5.74) is 0. The van der Waals surface area contributed by atoms with Crippen LogP contribution >= 0.6 is 0 Å². The fourth-order valence-corrected chi connectivity index (χ4v) is 2.92. The molecule has 0 bridgehead atoms. The Labute approximate surface area is 159 Å². The molecule has 27 heavy (non-hydrogen) atoms. The van der Waals surface area contributed by atoms with Gasteiger partial charge in [-0.15, -0.1) is 13.2 Å². The molecule has 8 heteroatoms. The van der Waals surface area contributed by atoms with Gasteiger partial charge in [0.25, 0.3) is 5.91 Å². The normalized spacial score (nSPS) is 21.1. The zero-order valence-corrected chi connectivity index (χ0v) is 15.9. The number of carbonyl (C=O) groups is 4. The first-order valence-electron chi connectivity index (χ1n) is 9.07. The Bertz CT molecular complexity index is 604. The van der Waals surface area contributed by atoms with Gasteiger partial charge in [0, 0.05) is 13.1 Å². The average molecular weight is 379 g/mol. The highest BCUT2D eigenvalue weighted by Gasteiger charge is 2.40. The highest BCUT2D eigenvalue weighted by Crippen LogP contribution is 2.26. The van der Waals surface area contributed by atoms with Gasteiger partial charge in [0.05, 0.1) is 18.6 Å². The molecule has 4 atom stereocenters. The lowest BCUT2D eigenvalue weighted by atomic mass is 10.0. The van der Waals surface area contributed by atoms with Crippen LogP contribution in [0.5, 0.6) is 0 Å². The lowest BCUT2D eigenvalue weighted by Gasteiger charge is -2.27. The van der Waals surface area contributed by atoms with E-state index in [2.05, 4.69) is 23.8 Å². The molecule has 1 heterocycles. The van der Waals surface area contributed by atoms with Gasteiger partial charge in [0.2, 0.25) is 17.6 Å². The number of amides is 3. The Morgan fingerprint density at radius 3 is 2.48 bits per heavy atom. The smallest absolute Gasteiger partial charge is 0.289 e. The van der Waals surface area contributed by atoms with Crippen LogP contribution in [0.4, 0.5) is 0 Å². The maximum atomic E-state index is 12.7. The standard InChI is InChI=1S/C19H29N3O5/c1-5-8-20-18(26)16(24)14(7-3)21-17(25)15-9-13(6-2)10-22(15)19(27)12(4)11-23/h5-6,12-15,23H,1-2,7-11H2,3-4H3,(H,20,26)(H,21,25)/t12-,13+,14-,15-/m0/s1. The number of hydrogen-bond acceptors (Lipinski definition) is 5. The number of Topliss-reactive ketones (excluding diaryl/α,β-unsaturated/α-hetero) is 1. The number of ketones is 1. The van der Waals surface area contributed by atoms with Crippen LogP contribution < -0.4 is 10.6 Å². The molecular formula is C19H29N3O5. The van der Waals surface area contributed by atoms with E-state index in [1.165, 1.54) is 11.0 Å².